The zero-order valence-corrected chi connectivity index (χ0v) is 11.4. The van der Waals surface area contributed by atoms with Gasteiger partial charge >= 0.3 is 0 Å². The number of rotatable bonds is 1. The van der Waals surface area contributed by atoms with Crippen LogP contribution in [0.2, 0.25) is 0 Å². The second kappa shape index (κ2) is 5.74. The van der Waals surface area contributed by atoms with Crippen LogP contribution >= 0.6 is 0 Å². The van der Waals surface area contributed by atoms with E-state index in [0.29, 0.717) is 0 Å². The van der Waals surface area contributed by atoms with Crippen molar-refractivity contribution in [3.8, 4) is 0 Å². The maximum Gasteiger partial charge on any atom is 0.244 e. The first-order chi connectivity index (χ1) is 9.36. The minimum Gasteiger partial charge on any atom is -0.311 e. The summed E-state index contributed by atoms with van der Waals surface area (Å²) in [5.74, 6) is 0.272. The van der Waals surface area contributed by atoms with Crippen molar-refractivity contribution in [2.45, 2.75) is 44.6 Å². The normalized spacial score (nSPS) is 23.6. The molecule has 3 nitrogen and oxygen atoms in total. The minimum atomic E-state index is 0.0277. The predicted octanol–water partition coefficient (Wildman–Crippen LogP) is 2.50. The van der Waals surface area contributed by atoms with Gasteiger partial charge in [-0.15, -0.1) is 0 Å². The fourth-order valence-corrected chi connectivity index (χ4v) is 3.17. The molecular formula is C16H22N2O. The number of nitrogens with one attached hydrogen (secondary N) is 1. The number of carbonyl (C=O) groups is 1. The van der Waals surface area contributed by atoms with E-state index in [1.54, 1.807) is 0 Å². The molecule has 0 saturated carbocycles. The lowest BCUT2D eigenvalue weighted by Crippen LogP contribution is -2.49. The molecule has 1 N–H and O–H groups in total. The van der Waals surface area contributed by atoms with Gasteiger partial charge in [0.25, 0.3) is 0 Å². The van der Waals surface area contributed by atoms with E-state index >= 15 is 0 Å². The highest BCUT2D eigenvalue weighted by atomic mass is 16.2. The number of benzene rings is 1. The Morgan fingerprint density at radius 2 is 2.05 bits per heavy atom. The van der Waals surface area contributed by atoms with Gasteiger partial charge in [-0.05, 0) is 50.3 Å². The Morgan fingerprint density at radius 1 is 1.16 bits per heavy atom. The maximum absolute atomic E-state index is 12.7. The zero-order chi connectivity index (χ0) is 13.1. The summed E-state index contributed by atoms with van der Waals surface area (Å²) in [4.78, 5) is 14.8. The summed E-state index contributed by atoms with van der Waals surface area (Å²) < 4.78 is 0. The smallest absolute Gasteiger partial charge is 0.244 e. The quantitative estimate of drug-likeness (QED) is 0.839. The van der Waals surface area contributed by atoms with Gasteiger partial charge in [-0.3, -0.25) is 4.79 Å². The molecule has 1 aromatic rings. The van der Waals surface area contributed by atoms with Crippen LogP contribution in [0.1, 0.15) is 37.7 Å². The van der Waals surface area contributed by atoms with Crippen LogP contribution in [0.25, 0.3) is 0 Å². The highest BCUT2D eigenvalue weighted by Crippen LogP contribution is 2.27. The number of carbonyl (C=O) groups excluding carboxylic acids is 1. The largest absolute Gasteiger partial charge is 0.311 e. The highest BCUT2D eigenvalue weighted by molar-refractivity contribution is 5.98. The fraction of sp³-hybridized carbons (Fsp3) is 0.562. The first kappa shape index (κ1) is 12.7. The molecule has 102 valence electrons. The number of nitrogens with zero attached hydrogens (tertiary/aromatic N) is 1. The number of hydrogen-bond donors (Lipinski definition) is 1. The Labute approximate surface area is 115 Å². The van der Waals surface area contributed by atoms with Crippen LogP contribution in [0, 0.1) is 0 Å². The van der Waals surface area contributed by atoms with Gasteiger partial charge in [-0.25, -0.2) is 0 Å². The number of aryl methyl sites for hydroxylation is 1. The average molecular weight is 258 g/mol. The van der Waals surface area contributed by atoms with E-state index in [2.05, 4.69) is 23.5 Å². The van der Waals surface area contributed by atoms with Gasteiger partial charge in [0, 0.05) is 12.2 Å². The molecule has 1 saturated heterocycles. The summed E-state index contributed by atoms with van der Waals surface area (Å²) >= 11 is 0. The molecule has 1 amide bonds. The Morgan fingerprint density at radius 3 is 2.89 bits per heavy atom. The zero-order valence-electron chi connectivity index (χ0n) is 11.4. The standard InChI is InChI=1S/C16H22N2O/c19-16(14-9-3-5-11-17-14)18-12-6-4-8-13-7-1-2-10-15(13)18/h1-2,7,10,14,17H,3-6,8-9,11-12H2. The van der Waals surface area contributed by atoms with Gasteiger partial charge < -0.3 is 10.2 Å². The Balaban J connectivity index is 1.84. The van der Waals surface area contributed by atoms with Gasteiger partial charge in [0.05, 0.1) is 6.04 Å². The summed E-state index contributed by atoms with van der Waals surface area (Å²) in [7, 11) is 0. The van der Waals surface area contributed by atoms with Crippen molar-refractivity contribution in [3.05, 3.63) is 29.8 Å². The monoisotopic (exact) mass is 258 g/mol. The van der Waals surface area contributed by atoms with Crippen molar-refractivity contribution >= 4 is 11.6 Å². The van der Waals surface area contributed by atoms with Crippen molar-refractivity contribution in [2.24, 2.45) is 0 Å². The second-order valence-corrected chi connectivity index (χ2v) is 5.58. The van der Waals surface area contributed by atoms with Gasteiger partial charge in [0.15, 0.2) is 0 Å². The molecule has 2 aliphatic heterocycles. The maximum atomic E-state index is 12.7. The molecule has 3 heteroatoms. The van der Waals surface area contributed by atoms with E-state index in [9.17, 15) is 4.79 Å². The molecule has 19 heavy (non-hydrogen) atoms. The lowest BCUT2D eigenvalue weighted by atomic mass is 10.0. The molecule has 0 bridgehead atoms. The molecule has 0 aliphatic carbocycles. The van der Waals surface area contributed by atoms with E-state index in [-0.39, 0.29) is 11.9 Å². The van der Waals surface area contributed by atoms with Crippen molar-refractivity contribution < 1.29 is 4.79 Å². The van der Waals surface area contributed by atoms with Crippen LogP contribution in [0.15, 0.2) is 24.3 Å². The van der Waals surface area contributed by atoms with Crippen LogP contribution in [0.4, 0.5) is 5.69 Å². The lowest BCUT2D eigenvalue weighted by Gasteiger charge is -2.30. The second-order valence-electron chi connectivity index (χ2n) is 5.58. The van der Waals surface area contributed by atoms with Gasteiger partial charge in [0.2, 0.25) is 5.91 Å². The molecule has 1 aromatic carbocycles. The topological polar surface area (TPSA) is 32.3 Å². The fourth-order valence-electron chi connectivity index (χ4n) is 3.17. The molecule has 3 rings (SSSR count). The van der Waals surface area contributed by atoms with Crippen LogP contribution < -0.4 is 10.2 Å². The minimum absolute atomic E-state index is 0.0277. The third-order valence-electron chi connectivity index (χ3n) is 4.23. The van der Waals surface area contributed by atoms with Crippen molar-refractivity contribution in [1.29, 1.82) is 0 Å². The number of piperidine rings is 1. The van der Waals surface area contributed by atoms with Crippen molar-refractivity contribution in [3.63, 3.8) is 0 Å². The molecule has 1 fully saturated rings. The molecule has 0 aromatic heterocycles. The lowest BCUT2D eigenvalue weighted by molar-refractivity contribution is -0.121. The average Bonchev–Trinajstić information content (AvgIpc) is 2.70. The predicted molar refractivity (Wildman–Crippen MR) is 77.4 cm³/mol. The summed E-state index contributed by atoms with van der Waals surface area (Å²) in [5, 5.41) is 3.38. The van der Waals surface area contributed by atoms with E-state index in [0.717, 1.165) is 38.0 Å². The third kappa shape index (κ3) is 2.66. The van der Waals surface area contributed by atoms with Gasteiger partial charge in [0.1, 0.15) is 0 Å². The molecular weight excluding hydrogens is 236 g/mol. The first-order valence-corrected chi connectivity index (χ1v) is 7.49. The van der Waals surface area contributed by atoms with E-state index < -0.39 is 0 Å². The SMILES string of the molecule is O=C(C1CCCCN1)N1CCCCc2ccccc21. The van der Waals surface area contributed by atoms with E-state index in [1.807, 2.05) is 11.0 Å². The number of para-hydroxylation sites is 1. The molecule has 1 unspecified atom stereocenters. The molecule has 2 aliphatic rings. The van der Waals surface area contributed by atoms with Gasteiger partial charge in [-0.2, -0.15) is 0 Å². The summed E-state index contributed by atoms with van der Waals surface area (Å²) in [6.07, 6.45) is 6.72. The van der Waals surface area contributed by atoms with Crippen LogP contribution in [0.3, 0.4) is 0 Å². The highest BCUT2D eigenvalue weighted by Gasteiger charge is 2.28. The first-order valence-electron chi connectivity index (χ1n) is 7.49. The summed E-state index contributed by atoms with van der Waals surface area (Å²) in [5.41, 5.74) is 2.46. The number of amides is 1. The van der Waals surface area contributed by atoms with Crippen LogP contribution in [-0.2, 0) is 11.2 Å². The van der Waals surface area contributed by atoms with E-state index in [1.165, 1.54) is 24.8 Å². The molecule has 0 radical (unpaired) electrons. The molecule has 0 spiro atoms. The Bertz CT molecular complexity index is 452. The Hall–Kier alpha value is -1.35. The number of fused-ring (bicyclic) bond motifs is 1. The van der Waals surface area contributed by atoms with Crippen LogP contribution in [-0.4, -0.2) is 25.0 Å². The third-order valence-corrected chi connectivity index (χ3v) is 4.23. The van der Waals surface area contributed by atoms with Crippen LogP contribution in [0.5, 0.6) is 0 Å². The number of anilines is 1. The van der Waals surface area contributed by atoms with Crippen molar-refractivity contribution in [2.75, 3.05) is 18.0 Å². The number of hydrogen-bond acceptors (Lipinski definition) is 2. The van der Waals surface area contributed by atoms with E-state index in [4.69, 9.17) is 0 Å². The van der Waals surface area contributed by atoms with Crippen molar-refractivity contribution in [1.82, 2.24) is 5.32 Å². The van der Waals surface area contributed by atoms with Gasteiger partial charge in [-0.1, -0.05) is 24.6 Å². The summed E-state index contributed by atoms with van der Waals surface area (Å²) in [6, 6.07) is 8.40. The Kier molecular flexibility index (Phi) is 3.83. The summed E-state index contributed by atoms with van der Waals surface area (Å²) in [6.45, 7) is 1.85. The molecule has 2 heterocycles. The molecule has 1 atom stereocenters.